The Balaban J connectivity index is 2.29. The topological polar surface area (TPSA) is 24.1 Å². The highest BCUT2D eigenvalue weighted by atomic mass is 15.0. The molecule has 2 N–H and O–H groups in total. The molecule has 0 saturated heterocycles. The monoisotopic (exact) mass is 154 g/mol. The average Bonchev–Trinajstić information content (AvgIpc) is 1.93. The van der Waals surface area contributed by atoms with Crippen LogP contribution >= 0.6 is 0 Å². The van der Waals surface area contributed by atoms with Crippen LogP contribution in [0.4, 0.5) is 0 Å². The van der Waals surface area contributed by atoms with Crippen molar-refractivity contribution in [3.63, 3.8) is 0 Å². The van der Waals surface area contributed by atoms with Crippen LogP contribution in [0.2, 0.25) is 0 Å². The largest absolute Gasteiger partial charge is 0.385 e. The standard InChI is InChI=1S/C9H18N2/c1-7(2)4-9-6-10-8(3)5-11-9/h5,7,9-11H,4,6H2,1-3H3/t9-/m0/s1. The van der Waals surface area contributed by atoms with Gasteiger partial charge in [0.15, 0.2) is 0 Å². The first-order chi connectivity index (χ1) is 5.18. The summed E-state index contributed by atoms with van der Waals surface area (Å²) in [5, 5.41) is 6.71. The van der Waals surface area contributed by atoms with Gasteiger partial charge >= 0.3 is 0 Å². The summed E-state index contributed by atoms with van der Waals surface area (Å²) in [6, 6.07) is 0.624. The van der Waals surface area contributed by atoms with Crippen LogP contribution in [0.1, 0.15) is 27.2 Å². The van der Waals surface area contributed by atoms with Gasteiger partial charge in [-0.3, -0.25) is 0 Å². The van der Waals surface area contributed by atoms with Gasteiger partial charge in [-0.15, -0.1) is 0 Å². The highest BCUT2D eigenvalue weighted by Gasteiger charge is 2.11. The summed E-state index contributed by atoms with van der Waals surface area (Å²) in [4.78, 5) is 0. The predicted molar refractivity (Wildman–Crippen MR) is 48.1 cm³/mol. The van der Waals surface area contributed by atoms with Crippen LogP contribution in [0.25, 0.3) is 0 Å². The van der Waals surface area contributed by atoms with Gasteiger partial charge in [-0.1, -0.05) is 13.8 Å². The molecule has 1 atom stereocenters. The minimum Gasteiger partial charge on any atom is -0.385 e. The molecule has 1 aliphatic heterocycles. The van der Waals surface area contributed by atoms with Gasteiger partial charge in [0, 0.05) is 24.5 Å². The Morgan fingerprint density at radius 1 is 1.64 bits per heavy atom. The van der Waals surface area contributed by atoms with Gasteiger partial charge in [-0.2, -0.15) is 0 Å². The van der Waals surface area contributed by atoms with E-state index in [4.69, 9.17) is 0 Å². The van der Waals surface area contributed by atoms with Gasteiger partial charge in [-0.25, -0.2) is 0 Å². The van der Waals surface area contributed by atoms with Gasteiger partial charge in [0.25, 0.3) is 0 Å². The molecule has 1 aliphatic rings. The van der Waals surface area contributed by atoms with E-state index >= 15 is 0 Å². The molecule has 0 aromatic carbocycles. The van der Waals surface area contributed by atoms with Crippen LogP contribution < -0.4 is 10.6 Å². The number of nitrogens with one attached hydrogen (secondary N) is 2. The quantitative estimate of drug-likeness (QED) is 0.629. The highest BCUT2D eigenvalue weighted by molar-refractivity contribution is 5.00. The first-order valence-corrected chi connectivity index (χ1v) is 4.35. The van der Waals surface area contributed by atoms with E-state index in [0.717, 1.165) is 12.5 Å². The Labute approximate surface area is 69.1 Å². The molecule has 0 saturated carbocycles. The Kier molecular flexibility index (Phi) is 2.80. The molecule has 11 heavy (non-hydrogen) atoms. The molecular formula is C9H18N2. The fourth-order valence-corrected chi connectivity index (χ4v) is 1.36. The van der Waals surface area contributed by atoms with Gasteiger partial charge in [0.05, 0.1) is 0 Å². The maximum atomic E-state index is 3.38. The third-order valence-electron chi connectivity index (χ3n) is 1.92. The molecule has 64 valence electrons. The summed E-state index contributed by atoms with van der Waals surface area (Å²) < 4.78 is 0. The van der Waals surface area contributed by atoms with Crippen LogP contribution in [-0.4, -0.2) is 12.6 Å². The lowest BCUT2D eigenvalue weighted by Gasteiger charge is -2.25. The number of hydrogen-bond donors (Lipinski definition) is 2. The van der Waals surface area contributed by atoms with Crippen LogP contribution in [-0.2, 0) is 0 Å². The SMILES string of the molecule is CC1=CN[C@@H](CC(C)C)CN1. The van der Waals surface area contributed by atoms with Crippen LogP contribution in [0.3, 0.4) is 0 Å². The van der Waals surface area contributed by atoms with E-state index in [9.17, 15) is 0 Å². The molecule has 0 fully saturated rings. The van der Waals surface area contributed by atoms with Crippen LogP contribution in [0.15, 0.2) is 11.9 Å². The minimum absolute atomic E-state index is 0.624. The molecule has 0 aliphatic carbocycles. The van der Waals surface area contributed by atoms with Crippen molar-refractivity contribution in [3.05, 3.63) is 11.9 Å². The average molecular weight is 154 g/mol. The highest BCUT2D eigenvalue weighted by Crippen LogP contribution is 2.06. The Hall–Kier alpha value is -0.660. The van der Waals surface area contributed by atoms with E-state index in [1.54, 1.807) is 0 Å². The third kappa shape index (κ3) is 2.83. The second-order valence-corrected chi connectivity index (χ2v) is 3.70. The van der Waals surface area contributed by atoms with Gasteiger partial charge in [0.1, 0.15) is 0 Å². The minimum atomic E-state index is 0.624. The Morgan fingerprint density at radius 2 is 2.36 bits per heavy atom. The van der Waals surface area contributed by atoms with Crippen molar-refractivity contribution in [2.24, 2.45) is 5.92 Å². The molecule has 2 heteroatoms. The molecule has 1 heterocycles. The van der Waals surface area contributed by atoms with Gasteiger partial charge in [0.2, 0.25) is 0 Å². The van der Waals surface area contributed by atoms with Crippen LogP contribution in [0, 0.1) is 5.92 Å². The van der Waals surface area contributed by atoms with Crippen molar-refractivity contribution in [3.8, 4) is 0 Å². The van der Waals surface area contributed by atoms with Gasteiger partial charge < -0.3 is 10.6 Å². The lowest BCUT2D eigenvalue weighted by molar-refractivity contribution is 0.426. The number of rotatable bonds is 2. The fourth-order valence-electron chi connectivity index (χ4n) is 1.36. The predicted octanol–water partition coefficient (Wildman–Crippen LogP) is 1.46. The molecule has 0 amide bonds. The molecular weight excluding hydrogens is 136 g/mol. The Bertz CT molecular complexity index is 150. The summed E-state index contributed by atoms with van der Waals surface area (Å²) in [7, 11) is 0. The van der Waals surface area contributed by atoms with E-state index in [2.05, 4.69) is 37.6 Å². The first kappa shape index (κ1) is 8.44. The fraction of sp³-hybridized carbons (Fsp3) is 0.778. The normalized spacial score (nSPS) is 24.0. The molecule has 2 nitrogen and oxygen atoms in total. The van der Waals surface area contributed by atoms with Gasteiger partial charge in [-0.05, 0) is 19.3 Å². The van der Waals surface area contributed by atoms with E-state index in [1.807, 2.05) is 0 Å². The summed E-state index contributed by atoms with van der Waals surface area (Å²) in [6.45, 7) is 7.67. The summed E-state index contributed by atoms with van der Waals surface area (Å²) in [5.74, 6) is 0.779. The molecule has 1 rings (SSSR count). The molecule has 0 aromatic heterocycles. The van der Waals surface area contributed by atoms with Crippen molar-refractivity contribution in [2.45, 2.75) is 33.2 Å². The molecule has 0 aromatic rings. The first-order valence-electron chi connectivity index (χ1n) is 4.35. The smallest absolute Gasteiger partial charge is 0.0431 e. The second-order valence-electron chi connectivity index (χ2n) is 3.70. The van der Waals surface area contributed by atoms with E-state index < -0.39 is 0 Å². The maximum Gasteiger partial charge on any atom is 0.0431 e. The number of hydrogen-bond acceptors (Lipinski definition) is 2. The van der Waals surface area contributed by atoms with Crippen molar-refractivity contribution >= 4 is 0 Å². The summed E-state index contributed by atoms with van der Waals surface area (Å²) >= 11 is 0. The lowest BCUT2D eigenvalue weighted by atomic mass is 10.0. The van der Waals surface area contributed by atoms with Crippen molar-refractivity contribution in [2.75, 3.05) is 6.54 Å². The zero-order chi connectivity index (χ0) is 8.27. The summed E-state index contributed by atoms with van der Waals surface area (Å²) in [5.41, 5.74) is 1.24. The van der Waals surface area contributed by atoms with Crippen molar-refractivity contribution in [1.82, 2.24) is 10.6 Å². The molecule has 0 radical (unpaired) electrons. The zero-order valence-corrected chi connectivity index (χ0v) is 7.65. The summed E-state index contributed by atoms with van der Waals surface area (Å²) in [6.07, 6.45) is 3.31. The van der Waals surface area contributed by atoms with Crippen molar-refractivity contribution in [1.29, 1.82) is 0 Å². The second kappa shape index (κ2) is 3.65. The molecule has 0 spiro atoms. The maximum absolute atomic E-state index is 3.38. The lowest BCUT2D eigenvalue weighted by Crippen LogP contribution is -2.41. The van der Waals surface area contributed by atoms with Crippen LogP contribution in [0.5, 0.6) is 0 Å². The Morgan fingerprint density at radius 3 is 2.82 bits per heavy atom. The van der Waals surface area contributed by atoms with E-state index in [1.165, 1.54) is 12.1 Å². The van der Waals surface area contributed by atoms with Crippen molar-refractivity contribution < 1.29 is 0 Å². The number of allylic oxidation sites excluding steroid dienone is 1. The third-order valence-corrected chi connectivity index (χ3v) is 1.92. The molecule has 0 bridgehead atoms. The van der Waals surface area contributed by atoms with E-state index in [0.29, 0.717) is 6.04 Å². The molecule has 0 unspecified atom stereocenters. The zero-order valence-electron chi connectivity index (χ0n) is 7.65. The van der Waals surface area contributed by atoms with E-state index in [-0.39, 0.29) is 0 Å².